The molecule has 28 heavy (non-hydrogen) atoms. The predicted molar refractivity (Wildman–Crippen MR) is 112 cm³/mol. The lowest BCUT2D eigenvalue weighted by Crippen LogP contribution is -2.17. The highest BCUT2D eigenvalue weighted by molar-refractivity contribution is 7.98. The van der Waals surface area contributed by atoms with Crippen molar-refractivity contribution in [2.24, 2.45) is 0 Å². The number of hydrogen-bond donors (Lipinski definition) is 0. The number of rotatable bonds is 6. The summed E-state index contributed by atoms with van der Waals surface area (Å²) in [5.41, 5.74) is 3.17. The standard InChI is InChI=1S/C23H24N4S/c24-16-19-11-13-20(14-12-19)17-28-23-26-25-22(15-18-7-3-1-4-8-18)27(23)21-9-5-2-6-10-21/h1,3-4,7-8,11-14,21H,2,5-6,9-10,15,17H2. The maximum absolute atomic E-state index is 8.96. The molecule has 0 radical (unpaired) electrons. The van der Waals surface area contributed by atoms with Gasteiger partial charge in [0.2, 0.25) is 0 Å². The molecule has 1 fully saturated rings. The lowest BCUT2D eigenvalue weighted by molar-refractivity contribution is 0.330. The van der Waals surface area contributed by atoms with Gasteiger partial charge in [0.1, 0.15) is 5.82 Å². The Morgan fingerprint density at radius 2 is 1.68 bits per heavy atom. The van der Waals surface area contributed by atoms with Crippen LogP contribution in [0.2, 0.25) is 0 Å². The van der Waals surface area contributed by atoms with E-state index in [1.165, 1.54) is 43.2 Å². The molecule has 0 spiro atoms. The molecule has 4 nitrogen and oxygen atoms in total. The molecule has 0 unspecified atom stereocenters. The van der Waals surface area contributed by atoms with Crippen molar-refractivity contribution in [2.75, 3.05) is 0 Å². The fourth-order valence-corrected chi connectivity index (χ4v) is 4.81. The van der Waals surface area contributed by atoms with Gasteiger partial charge in [-0.15, -0.1) is 10.2 Å². The number of benzene rings is 2. The topological polar surface area (TPSA) is 54.5 Å². The van der Waals surface area contributed by atoms with Gasteiger partial charge in [0.15, 0.2) is 5.16 Å². The van der Waals surface area contributed by atoms with Gasteiger partial charge in [-0.25, -0.2) is 0 Å². The third kappa shape index (κ3) is 4.45. The maximum atomic E-state index is 8.96. The van der Waals surface area contributed by atoms with Gasteiger partial charge in [-0.2, -0.15) is 5.26 Å². The molecule has 0 atom stereocenters. The SMILES string of the molecule is N#Cc1ccc(CSc2nnc(Cc3ccccc3)n2C2CCCCC2)cc1. The Bertz CT molecular complexity index is 935. The summed E-state index contributed by atoms with van der Waals surface area (Å²) < 4.78 is 2.40. The van der Waals surface area contributed by atoms with Crippen LogP contribution < -0.4 is 0 Å². The molecule has 3 aromatic rings. The number of nitrogens with zero attached hydrogens (tertiary/aromatic N) is 4. The summed E-state index contributed by atoms with van der Waals surface area (Å²) in [4.78, 5) is 0. The first-order valence-corrected chi connectivity index (χ1v) is 10.9. The number of thioether (sulfide) groups is 1. The second-order valence-electron chi connectivity index (χ2n) is 7.32. The van der Waals surface area contributed by atoms with E-state index in [0.29, 0.717) is 11.6 Å². The minimum Gasteiger partial charge on any atom is -0.303 e. The van der Waals surface area contributed by atoms with Crippen LogP contribution in [0, 0.1) is 11.3 Å². The highest BCUT2D eigenvalue weighted by Crippen LogP contribution is 2.34. The molecule has 5 heteroatoms. The van der Waals surface area contributed by atoms with E-state index in [9.17, 15) is 0 Å². The smallest absolute Gasteiger partial charge is 0.191 e. The molecule has 1 aliphatic carbocycles. The molecule has 2 aromatic carbocycles. The van der Waals surface area contributed by atoms with E-state index in [0.717, 1.165) is 23.2 Å². The summed E-state index contributed by atoms with van der Waals surface area (Å²) in [7, 11) is 0. The minimum absolute atomic E-state index is 0.505. The second kappa shape index (κ2) is 9.07. The summed E-state index contributed by atoms with van der Waals surface area (Å²) in [6.07, 6.45) is 7.15. The van der Waals surface area contributed by atoms with Gasteiger partial charge in [0.25, 0.3) is 0 Å². The summed E-state index contributed by atoms with van der Waals surface area (Å²) in [6, 6.07) is 21.0. The highest BCUT2D eigenvalue weighted by atomic mass is 32.2. The van der Waals surface area contributed by atoms with Crippen LogP contribution in [0.4, 0.5) is 0 Å². The minimum atomic E-state index is 0.505. The van der Waals surface area contributed by atoms with Gasteiger partial charge in [0.05, 0.1) is 11.6 Å². The van der Waals surface area contributed by atoms with Crippen LogP contribution >= 0.6 is 11.8 Å². The zero-order valence-corrected chi connectivity index (χ0v) is 16.7. The molecule has 0 N–H and O–H groups in total. The van der Waals surface area contributed by atoms with Crippen molar-refractivity contribution in [2.45, 2.75) is 55.5 Å². The fourth-order valence-electron chi connectivity index (χ4n) is 3.83. The zero-order chi connectivity index (χ0) is 19.2. The van der Waals surface area contributed by atoms with E-state index in [1.54, 1.807) is 11.8 Å². The van der Waals surface area contributed by atoms with Crippen LogP contribution in [0.5, 0.6) is 0 Å². The molecule has 0 saturated heterocycles. The summed E-state index contributed by atoms with van der Waals surface area (Å²) in [5, 5.41) is 19.1. The monoisotopic (exact) mass is 388 g/mol. The van der Waals surface area contributed by atoms with Crippen molar-refractivity contribution >= 4 is 11.8 Å². The Labute approximate surface area is 170 Å². The van der Waals surface area contributed by atoms with Gasteiger partial charge in [-0.05, 0) is 36.1 Å². The molecule has 1 heterocycles. The van der Waals surface area contributed by atoms with Gasteiger partial charge in [0, 0.05) is 18.2 Å². The van der Waals surface area contributed by atoms with Gasteiger partial charge < -0.3 is 4.57 Å². The van der Waals surface area contributed by atoms with Gasteiger partial charge in [-0.1, -0.05) is 73.5 Å². The summed E-state index contributed by atoms with van der Waals surface area (Å²) >= 11 is 1.75. The lowest BCUT2D eigenvalue weighted by Gasteiger charge is -2.25. The lowest BCUT2D eigenvalue weighted by atomic mass is 9.95. The molecule has 4 rings (SSSR count). The molecular weight excluding hydrogens is 364 g/mol. The molecule has 0 bridgehead atoms. The number of aromatic nitrogens is 3. The molecule has 0 amide bonds. The first-order valence-electron chi connectivity index (χ1n) is 9.93. The van der Waals surface area contributed by atoms with Gasteiger partial charge >= 0.3 is 0 Å². The largest absolute Gasteiger partial charge is 0.303 e. The van der Waals surface area contributed by atoms with Crippen molar-refractivity contribution in [3.05, 3.63) is 77.1 Å². The first-order chi connectivity index (χ1) is 13.8. The Morgan fingerprint density at radius 3 is 2.39 bits per heavy atom. The van der Waals surface area contributed by atoms with Crippen molar-refractivity contribution < 1.29 is 0 Å². The quantitative estimate of drug-likeness (QED) is 0.520. The Morgan fingerprint density at radius 1 is 0.929 bits per heavy atom. The van der Waals surface area contributed by atoms with E-state index in [2.05, 4.69) is 45.1 Å². The Hall–Kier alpha value is -2.58. The van der Waals surface area contributed by atoms with E-state index >= 15 is 0 Å². The fraction of sp³-hybridized carbons (Fsp3) is 0.348. The van der Waals surface area contributed by atoms with Crippen molar-refractivity contribution in [3.8, 4) is 6.07 Å². The molecule has 0 aliphatic heterocycles. The van der Waals surface area contributed by atoms with Crippen LogP contribution in [0.1, 0.15) is 60.7 Å². The molecule has 142 valence electrons. The Kier molecular flexibility index (Phi) is 6.08. The van der Waals surface area contributed by atoms with Crippen molar-refractivity contribution in [1.29, 1.82) is 5.26 Å². The van der Waals surface area contributed by atoms with Crippen LogP contribution in [0.25, 0.3) is 0 Å². The third-order valence-electron chi connectivity index (χ3n) is 5.33. The van der Waals surface area contributed by atoms with Crippen LogP contribution in [0.3, 0.4) is 0 Å². The number of hydrogen-bond acceptors (Lipinski definition) is 4. The maximum Gasteiger partial charge on any atom is 0.191 e. The molecular formula is C23H24N4S. The van der Waals surface area contributed by atoms with Crippen molar-refractivity contribution in [1.82, 2.24) is 14.8 Å². The Balaban J connectivity index is 1.55. The summed E-state index contributed by atoms with van der Waals surface area (Å²) in [5.74, 6) is 1.91. The third-order valence-corrected chi connectivity index (χ3v) is 6.35. The zero-order valence-electron chi connectivity index (χ0n) is 15.9. The van der Waals surface area contributed by atoms with E-state index in [-0.39, 0.29) is 0 Å². The molecule has 1 saturated carbocycles. The van der Waals surface area contributed by atoms with Crippen LogP contribution in [-0.4, -0.2) is 14.8 Å². The van der Waals surface area contributed by atoms with Crippen LogP contribution in [-0.2, 0) is 12.2 Å². The molecule has 1 aliphatic rings. The van der Waals surface area contributed by atoms with Crippen molar-refractivity contribution in [3.63, 3.8) is 0 Å². The first kappa shape index (κ1) is 18.8. The average molecular weight is 389 g/mol. The normalized spacial score (nSPS) is 14.7. The predicted octanol–water partition coefficient (Wildman–Crippen LogP) is 5.54. The van der Waals surface area contributed by atoms with E-state index in [4.69, 9.17) is 5.26 Å². The summed E-state index contributed by atoms with van der Waals surface area (Å²) in [6.45, 7) is 0. The second-order valence-corrected chi connectivity index (χ2v) is 8.26. The van der Waals surface area contributed by atoms with Crippen LogP contribution in [0.15, 0.2) is 59.8 Å². The highest BCUT2D eigenvalue weighted by Gasteiger charge is 2.23. The average Bonchev–Trinajstić information content (AvgIpc) is 3.16. The van der Waals surface area contributed by atoms with E-state index < -0.39 is 0 Å². The van der Waals surface area contributed by atoms with Gasteiger partial charge in [-0.3, -0.25) is 0 Å². The number of nitriles is 1. The van der Waals surface area contributed by atoms with E-state index in [1.807, 2.05) is 30.3 Å². The molecule has 1 aromatic heterocycles.